The maximum atomic E-state index is 2.16. The summed E-state index contributed by atoms with van der Waals surface area (Å²) in [4.78, 5) is 0. The van der Waals surface area contributed by atoms with Gasteiger partial charge in [-0.15, -0.1) is 0 Å². The molecule has 0 unspecified atom stereocenters. The maximum absolute atomic E-state index is 2.16. The zero-order chi connectivity index (χ0) is 24.0. The quantitative estimate of drug-likeness (QED) is 0.225. The molecular weight excluding hydrogens is 885 g/mol. The third-order valence-corrected chi connectivity index (χ3v) is 2.76. The molecule has 0 heterocycles. The average Bonchev–Trinajstić information content (AvgIpc) is 2.79. The Kier molecular flexibility index (Phi) is 103. The third kappa shape index (κ3) is 62.5. The van der Waals surface area contributed by atoms with Crippen LogP contribution >= 0.6 is 0 Å². The van der Waals surface area contributed by atoms with E-state index in [-0.39, 0.29) is 138 Å². The molecule has 0 amide bonds. The average molecular weight is 945 g/mol. The van der Waals surface area contributed by atoms with E-state index in [1.807, 2.05) is 36.4 Å². The Morgan fingerprint density at radius 1 is 0.324 bits per heavy atom. The van der Waals surface area contributed by atoms with Crippen LogP contribution in [0.2, 0.25) is 0 Å². The van der Waals surface area contributed by atoms with Crippen molar-refractivity contribution in [2.75, 3.05) is 0 Å². The molecule has 0 aromatic heterocycles. The summed E-state index contributed by atoms with van der Waals surface area (Å²) in [5.74, 6) is 0. The van der Waals surface area contributed by atoms with E-state index in [1.54, 1.807) is 0 Å². The summed E-state index contributed by atoms with van der Waals surface area (Å²) >= 11 is 0. The first-order chi connectivity index (χ1) is 15.1. The Morgan fingerprint density at radius 3 is 0.622 bits per heavy atom. The summed E-state index contributed by atoms with van der Waals surface area (Å²) in [5.41, 5.74) is 2.74. The molecule has 0 nitrogen and oxygen atoms in total. The minimum Gasteiger partial charge on any atom is -0.358 e. The van der Waals surface area contributed by atoms with Gasteiger partial charge in [-0.3, -0.25) is 0 Å². The van der Waals surface area contributed by atoms with Crippen LogP contribution in [0.15, 0.2) is 97.1 Å². The van der Waals surface area contributed by atoms with Gasteiger partial charge >= 0.3 is 0 Å². The van der Waals surface area contributed by atoms with Crippen molar-refractivity contribution in [3.8, 4) is 0 Å². The van der Waals surface area contributed by atoms with Crippen LogP contribution in [0, 0.1) is 138 Å². The molecule has 0 aliphatic rings. The zero-order valence-electron chi connectivity index (χ0n) is 25.8. The number of hydrogen-bond acceptors (Lipinski definition) is 0. The molecule has 0 atom stereocenters. The Labute approximate surface area is 328 Å². The van der Waals surface area contributed by atoms with E-state index in [9.17, 15) is 0 Å². The van der Waals surface area contributed by atoms with Crippen LogP contribution in [0.1, 0.15) is 92.2 Å². The van der Waals surface area contributed by atoms with Gasteiger partial charge < -0.3 is 22.3 Å². The second-order valence-electron chi connectivity index (χ2n) is 7.13. The summed E-state index contributed by atoms with van der Waals surface area (Å²) in [6, 6.07) is 33.1. The minimum atomic E-state index is 0. The number of benzene rings is 3. The topological polar surface area (TPSA) is 0 Å². The van der Waals surface area contributed by atoms with Gasteiger partial charge in [-0.1, -0.05) is 178 Å². The molecule has 0 saturated heterocycles. The first-order valence-corrected chi connectivity index (χ1v) is 12.2. The van der Waals surface area contributed by atoms with E-state index >= 15 is 0 Å². The van der Waals surface area contributed by atoms with Gasteiger partial charge in [0.2, 0.25) is 0 Å². The normalized spacial score (nSPS) is 6.70. The van der Waals surface area contributed by atoms with Crippen molar-refractivity contribution in [1.29, 1.82) is 0 Å². The molecule has 0 saturated carbocycles. The summed E-state index contributed by atoms with van der Waals surface area (Å²) in [6.45, 7) is 17.0. The van der Waals surface area contributed by atoms with Crippen LogP contribution in [-0.2, 0) is 6.42 Å². The molecule has 37 heavy (non-hydrogen) atoms. The first kappa shape index (κ1) is 62.2. The largest absolute Gasteiger partial charge is 0.358 e. The SMILES string of the molecule is CCC.CCC.CCC.CCC.[CH3-].[CH3-].[CH3-].[Tb].[Tb].[Tb].c1ccc(Cc2ccccc2)cc1.c1ccccc1. The summed E-state index contributed by atoms with van der Waals surface area (Å²) < 4.78 is 0. The van der Waals surface area contributed by atoms with Crippen molar-refractivity contribution < 1.29 is 116 Å². The van der Waals surface area contributed by atoms with E-state index < -0.39 is 0 Å². The van der Waals surface area contributed by atoms with Crippen LogP contribution < -0.4 is 0 Å². The molecule has 3 rings (SSSR count). The minimum absolute atomic E-state index is 0. The van der Waals surface area contributed by atoms with Crippen molar-refractivity contribution in [3.05, 3.63) is 130 Å². The van der Waals surface area contributed by atoms with Gasteiger partial charge in [0.25, 0.3) is 0 Å². The van der Waals surface area contributed by atoms with Gasteiger partial charge in [0.05, 0.1) is 0 Å². The van der Waals surface area contributed by atoms with Gasteiger partial charge in [-0.25, -0.2) is 0 Å². The van der Waals surface area contributed by atoms with E-state index in [0.717, 1.165) is 6.42 Å². The molecule has 0 aliphatic carbocycles. The Hall–Kier alpha value is 1.52. The van der Waals surface area contributed by atoms with Gasteiger partial charge in [0, 0.05) is 116 Å². The smallest absolute Gasteiger partial charge is 0 e. The molecular formula is C34H59Tb3-3. The zero-order valence-corrected chi connectivity index (χ0v) is 32.2. The van der Waals surface area contributed by atoms with Crippen LogP contribution in [-0.4, -0.2) is 0 Å². The summed E-state index contributed by atoms with van der Waals surface area (Å²) in [5, 5.41) is 0. The van der Waals surface area contributed by atoms with Crippen molar-refractivity contribution in [3.63, 3.8) is 0 Å². The van der Waals surface area contributed by atoms with E-state index in [2.05, 4.69) is 116 Å². The molecule has 0 fully saturated rings. The van der Waals surface area contributed by atoms with Crippen LogP contribution in [0.25, 0.3) is 0 Å². The Bertz CT molecular complexity index is 542. The van der Waals surface area contributed by atoms with E-state index in [4.69, 9.17) is 0 Å². The molecule has 3 aromatic carbocycles. The maximum Gasteiger partial charge on any atom is 0 e. The molecule has 0 spiro atoms. The molecule has 0 aliphatic heterocycles. The fraction of sp³-hybridized carbons (Fsp3) is 0.382. The fourth-order valence-corrected chi connectivity index (χ4v) is 1.81. The molecule has 3 heteroatoms. The third-order valence-electron chi connectivity index (χ3n) is 2.76. The monoisotopic (exact) mass is 944 g/mol. The van der Waals surface area contributed by atoms with Gasteiger partial charge in [0.1, 0.15) is 0 Å². The van der Waals surface area contributed by atoms with Gasteiger partial charge in [0.15, 0.2) is 0 Å². The molecule has 3 radical (unpaired) electrons. The number of rotatable bonds is 2. The van der Waals surface area contributed by atoms with E-state index in [0.29, 0.717) is 0 Å². The Balaban J connectivity index is -0.0000000405. The molecule has 3 aromatic rings. The van der Waals surface area contributed by atoms with Crippen molar-refractivity contribution in [1.82, 2.24) is 0 Å². The predicted molar refractivity (Wildman–Crippen MR) is 165 cm³/mol. The van der Waals surface area contributed by atoms with Gasteiger partial charge in [-0.05, 0) is 17.5 Å². The van der Waals surface area contributed by atoms with Crippen LogP contribution in [0.5, 0.6) is 0 Å². The molecule has 225 valence electrons. The second kappa shape index (κ2) is 61.5. The first-order valence-electron chi connectivity index (χ1n) is 12.2. The fourth-order valence-electron chi connectivity index (χ4n) is 1.81. The standard InChI is InChI=1S/C13H12.C6H6.4C3H8.3CH3.3Tb/c1-3-7-12(8-4-1)11-13-9-5-2-6-10-13;1-2-4-6-5-3-1;4*1-3-2;;;;;;/h1-10H,11H2;1-6H;4*3H2,1-2H3;3*1H3;;;/q;;;;;;3*-1;;;. The van der Waals surface area contributed by atoms with Gasteiger partial charge in [-0.2, -0.15) is 0 Å². The number of hydrogen-bond donors (Lipinski definition) is 0. The van der Waals surface area contributed by atoms with Crippen molar-refractivity contribution >= 4 is 0 Å². The Morgan fingerprint density at radius 2 is 0.459 bits per heavy atom. The van der Waals surface area contributed by atoms with E-state index in [1.165, 1.54) is 36.8 Å². The van der Waals surface area contributed by atoms with Crippen molar-refractivity contribution in [2.45, 2.75) is 87.5 Å². The van der Waals surface area contributed by atoms with Crippen LogP contribution in [0.3, 0.4) is 0 Å². The molecule has 0 N–H and O–H groups in total. The van der Waals surface area contributed by atoms with Crippen LogP contribution in [0.4, 0.5) is 0 Å². The predicted octanol–water partition coefficient (Wildman–Crippen LogP) is 12.0. The second-order valence-corrected chi connectivity index (χ2v) is 7.13. The summed E-state index contributed by atoms with van der Waals surface area (Å²) in [7, 11) is 0. The molecule has 0 bridgehead atoms. The summed E-state index contributed by atoms with van der Waals surface area (Å²) in [6.07, 6.45) is 6.03. The van der Waals surface area contributed by atoms with Crippen molar-refractivity contribution in [2.24, 2.45) is 0 Å².